The molecule has 1 unspecified atom stereocenters. The highest BCUT2D eigenvalue weighted by atomic mass is 16.4. The fraction of sp³-hybridized carbons (Fsp3) is 0.636. The van der Waals surface area contributed by atoms with E-state index in [1.165, 1.54) is 0 Å². The zero-order valence-corrected chi connectivity index (χ0v) is 10.0. The van der Waals surface area contributed by atoms with E-state index in [1.54, 1.807) is 13.1 Å². The van der Waals surface area contributed by atoms with Crippen molar-refractivity contribution in [2.45, 2.75) is 39.7 Å². The molecule has 0 aromatic carbocycles. The topological polar surface area (TPSA) is 49.7 Å². The first kappa shape index (κ1) is 11.9. The maximum Gasteiger partial charge on any atom is 0.343 e. The van der Waals surface area contributed by atoms with E-state index in [2.05, 4.69) is 25.9 Å². The molecule has 4 nitrogen and oxygen atoms in total. The van der Waals surface area contributed by atoms with Crippen LogP contribution in [0.15, 0.2) is 16.9 Å². The summed E-state index contributed by atoms with van der Waals surface area (Å²) in [5.74, 6) is -0.898. The van der Waals surface area contributed by atoms with E-state index < -0.39 is 5.97 Å². The second-order valence-electron chi connectivity index (χ2n) is 4.73. The molecule has 84 valence electrons. The van der Waals surface area contributed by atoms with Crippen LogP contribution in [0.5, 0.6) is 0 Å². The highest BCUT2D eigenvalue weighted by molar-refractivity contribution is 6.18. The predicted molar refractivity (Wildman–Crippen MR) is 59.4 cm³/mol. The molecule has 0 saturated heterocycles. The molecule has 4 heteroatoms. The van der Waals surface area contributed by atoms with Crippen LogP contribution in [0.4, 0.5) is 0 Å². The second kappa shape index (κ2) is 3.45. The maximum atomic E-state index is 11.0. The van der Waals surface area contributed by atoms with Crippen LogP contribution in [0.25, 0.3) is 0 Å². The molecule has 0 aliphatic carbocycles. The molecule has 0 saturated carbocycles. The highest BCUT2D eigenvalue weighted by Crippen LogP contribution is 2.32. The number of carboxylic acids is 1. The lowest BCUT2D eigenvalue weighted by Crippen LogP contribution is -2.49. The normalized spacial score (nSPS) is 26.2. The van der Waals surface area contributed by atoms with Gasteiger partial charge in [-0.2, -0.15) is 4.59 Å². The van der Waals surface area contributed by atoms with Gasteiger partial charge in [-0.05, 0) is 20.8 Å². The van der Waals surface area contributed by atoms with Gasteiger partial charge >= 0.3 is 5.97 Å². The smallest absolute Gasteiger partial charge is 0.343 e. The molecule has 1 rings (SSSR count). The van der Waals surface area contributed by atoms with E-state index >= 15 is 0 Å². The van der Waals surface area contributed by atoms with Gasteiger partial charge in [0.05, 0.1) is 7.05 Å². The second-order valence-corrected chi connectivity index (χ2v) is 4.73. The van der Waals surface area contributed by atoms with Gasteiger partial charge in [0.2, 0.25) is 0 Å². The van der Waals surface area contributed by atoms with Crippen molar-refractivity contribution in [3.8, 4) is 0 Å². The molecule has 0 fully saturated rings. The Morgan fingerprint density at radius 1 is 1.60 bits per heavy atom. The summed E-state index contributed by atoms with van der Waals surface area (Å²) in [6.45, 7) is 8.01. The third-order valence-electron chi connectivity index (χ3n) is 3.45. The largest absolute Gasteiger partial charge is 0.477 e. The lowest BCUT2D eigenvalue weighted by atomic mass is 9.99. The van der Waals surface area contributed by atoms with Crippen LogP contribution in [-0.2, 0) is 4.79 Å². The van der Waals surface area contributed by atoms with Gasteiger partial charge in [0, 0.05) is 6.42 Å². The summed E-state index contributed by atoms with van der Waals surface area (Å²) >= 11 is 0. The molecular weight excluding hydrogens is 192 g/mol. The van der Waals surface area contributed by atoms with Crippen LogP contribution in [0.1, 0.15) is 34.1 Å². The van der Waals surface area contributed by atoms with E-state index in [4.69, 9.17) is 5.11 Å². The first-order valence-corrected chi connectivity index (χ1v) is 5.13. The summed E-state index contributed by atoms with van der Waals surface area (Å²) in [7, 11) is 1.93. The Kier molecular flexibility index (Phi) is 2.74. The summed E-state index contributed by atoms with van der Waals surface area (Å²) in [5, 5.41) is 13.4. The van der Waals surface area contributed by atoms with Crippen molar-refractivity contribution >= 4 is 11.7 Å². The first-order chi connectivity index (χ1) is 6.73. The molecule has 0 radical (unpaired) electrons. The lowest BCUT2D eigenvalue weighted by Gasteiger charge is -2.36. The third-order valence-corrected chi connectivity index (χ3v) is 3.45. The van der Waals surface area contributed by atoms with Gasteiger partial charge in [-0.3, -0.25) is 0 Å². The molecule has 1 N–H and O–H groups in total. The Balaban J connectivity index is 3.18. The predicted octanol–water partition coefficient (Wildman–Crippen LogP) is 1.98. The van der Waals surface area contributed by atoms with Gasteiger partial charge in [-0.15, -0.1) is 0 Å². The Bertz CT molecular complexity index is 356. The van der Waals surface area contributed by atoms with E-state index in [0.717, 1.165) is 6.42 Å². The number of hydrogen-bond acceptors (Lipinski definition) is 2. The zero-order valence-electron chi connectivity index (χ0n) is 10.0. The van der Waals surface area contributed by atoms with Crippen LogP contribution in [-0.4, -0.2) is 34.0 Å². The standard InChI is InChI=1S/C11H18N2O2/c1-6-11(3,4)13(5)7-9(10(14)15)8(2)12-13/h7H,6H2,1-5H3/p+1. The van der Waals surface area contributed by atoms with Crippen molar-refractivity contribution in [3.05, 3.63) is 11.8 Å². The Hall–Kier alpha value is -1.16. The molecule has 1 aliphatic heterocycles. The average molecular weight is 211 g/mol. The highest BCUT2D eigenvalue weighted by Gasteiger charge is 2.43. The molecule has 0 spiro atoms. The first-order valence-electron chi connectivity index (χ1n) is 5.13. The van der Waals surface area contributed by atoms with Crippen LogP contribution in [0, 0.1) is 0 Å². The van der Waals surface area contributed by atoms with E-state index in [-0.39, 0.29) is 5.54 Å². The van der Waals surface area contributed by atoms with Crippen molar-refractivity contribution in [1.29, 1.82) is 0 Å². The quantitative estimate of drug-likeness (QED) is 0.726. The minimum absolute atomic E-state index is 0.0849. The summed E-state index contributed by atoms with van der Waals surface area (Å²) in [6.07, 6.45) is 2.66. The number of hydrogen-bond donors (Lipinski definition) is 1. The van der Waals surface area contributed by atoms with Crippen LogP contribution < -0.4 is 0 Å². The van der Waals surface area contributed by atoms with Gasteiger partial charge in [0.15, 0.2) is 0 Å². The fourth-order valence-electron chi connectivity index (χ4n) is 1.58. The number of nitrogens with zero attached hydrogens (tertiary/aromatic N) is 2. The van der Waals surface area contributed by atoms with Crippen LogP contribution >= 0.6 is 0 Å². The summed E-state index contributed by atoms with van der Waals surface area (Å²) in [4.78, 5) is 11.0. The number of carbonyl (C=O) groups is 1. The molecule has 1 aliphatic rings. The van der Waals surface area contributed by atoms with E-state index in [1.807, 2.05) is 7.05 Å². The van der Waals surface area contributed by atoms with E-state index in [9.17, 15) is 4.79 Å². The maximum absolute atomic E-state index is 11.0. The molecule has 15 heavy (non-hydrogen) atoms. The van der Waals surface area contributed by atoms with E-state index in [0.29, 0.717) is 15.9 Å². The summed E-state index contributed by atoms with van der Waals surface area (Å²) in [6, 6.07) is 0. The molecule has 0 amide bonds. The molecule has 1 atom stereocenters. The SMILES string of the molecule is CCC(C)(C)[N+]1(C)C=C(C(=O)O)C(C)=N1. The van der Waals surface area contributed by atoms with Gasteiger partial charge in [-0.1, -0.05) is 12.0 Å². The minimum Gasteiger partial charge on any atom is -0.477 e. The van der Waals surface area contributed by atoms with Crippen LogP contribution in [0.3, 0.4) is 0 Å². The molecule has 1 heterocycles. The summed E-state index contributed by atoms with van der Waals surface area (Å²) < 4.78 is 0.316. The zero-order chi connectivity index (χ0) is 11.9. The molecule has 0 aromatic rings. The Morgan fingerprint density at radius 3 is 2.47 bits per heavy atom. The van der Waals surface area contributed by atoms with Gasteiger partial charge in [0.25, 0.3) is 0 Å². The van der Waals surface area contributed by atoms with Gasteiger partial charge in [-0.25, -0.2) is 4.79 Å². The average Bonchev–Trinajstić information content (AvgIpc) is 2.43. The fourth-order valence-corrected chi connectivity index (χ4v) is 1.58. The molecule has 0 aromatic heterocycles. The number of quaternary nitrogens is 1. The van der Waals surface area contributed by atoms with Gasteiger partial charge in [0.1, 0.15) is 23.0 Å². The monoisotopic (exact) mass is 211 g/mol. The molecular formula is C11H19N2O2+. The number of carboxylic acid groups (broad SMARTS) is 1. The summed E-state index contributed by atoms with van der Waals surface area (Å²) in [5.41, 5.74) is 0.837. The van der Waals surface area contributed by atoms with Crippen molar-refractivity contribution in [2.24, 2.45) is 5.10 Å². The molecule has 0 bridgehead atoms. The number of aliphatic carboxylic acids is 1. The third kappa shape index (κ3) is 1.81. The number of rotatable bonds is 3. The van der Waals surface area contributed by atoms with Gasteiger partial charge < -0.3 is 5.11 Å². The van der Waals surface area contributed by atoms with Crippen molar-refractivity contribution in [2.75, 3.05) is 7.05 Å². The Labute approximate surface area is 90.5 Å². The van der Waals surface area contributed by atoms with Crippen molar-refractivity contribution in [1.82, 2.24) is 0 Å². The lowest BCUT2D eigenvalue weighted by molar-refractivity contribution is -0.913. The van der Waals surface area contributed by atoms with Crippen LogP contribution in [0.2, 0.25) is 0 Å². The van der Waals surface area contributed by atoms with Crippen molar-refractivity contribution < 1.29 is 14.5 Å². The Morgan fingerprint density at radius 2 is 2.13 bits per heavy atom. The minimum atomic E-state index is -0.898. The van der Waals surface area contributed by atoms with Crippen molar-refractivity contribution in [3.63, 3.8) is 0 Å².